The lowest BCUT2D eigenvalue weighted by Crippen LogP contribution is -2.06. The van der Waals surface area contributed by atoms with Crippen LogP contribution in [0.1, 0.15) is 70.4 Å². The van der Waals surface area contributed by atoms with Crippen LogP contribution in [0.4, 0.5) is 4.39 Å². The predicted molar refractivity (Wildman–Crippen MR) is 82.5 cm³/mol. The molecule has 1 aromatic rings. The van der Waals surface area contributed by atoms with Crippen molar-refractivity contribution in [1.82, 2.24) is 0 Å². The zero-order valence-corrected chi connectivity index (χ0v) is 12.8. The van der Waals surface area contributed by atoms with Gasteiger partial charge in [0.1, 0.15) is 0 Å². The lowest BCUT2D eigenvalue weighted by Gasteiger charge is -2.10. The van der Waals surface area contributed by atoms with Crippen molar-refractivity contribution in [1.29, 1.82) is 0 Å². The van der Waals surface area contributed by atoms with Gasteiger partial charge in [-0.05, 0) is 31.0 Å². The number of benzene rings is 1. The van der Waals surface area contributed by atoms with E-state index < -0.39 is 0 Å². The van der Waals surface area contributed by atoms with Gasteiger partial charge in [0.25, 0.3) is 0 Å². The molecule has 1 rings (SSSR count). The molecule has 0 heterocycles. The molecule has 0 spiro atoms. The first-order valence-electron chi connectivity index (χ1n) is 7.83. The molecule has 0 aliphatic heterocycles. The van der Waals surface area contributed by atoms with Gasteiger partial charge in [0.2, 0.25) is 0 Å². The van der Waals surface area contributed by atoms with Crippen molar-refractivity contribution in [2.24, 2.45) is 5.73 Å². The van der Waals surface area contributed by atoms with E-state index in [1.807, 2.05) is 13.0 Å². The number of ether oxygens (including phenoxy) is 1. The molecule has 1 unspecified atom stereocenters. The first-order valence-corrected chi connectivity index (χ1v) is 7.83. The van der Waals surface area contributed by atoms with Crippen molar-refractivity contribution >= 4 is 0 Å². The molecule has 2 N–H and O–H groups in total. The molecule has 1 atom stereocenters. The fourth-order valence-electron chi connectivity index (χ4n) is 2.16. The highest BCUT2D eigenvalue weighted by molar-refractivity contribution is 5.30. The summed E-state index contributed by atoms with van der Waals surface area (Å²) in [4.78, 5) is 0. The minimum absolute atomic E-state index is 0.151. The fourth-order valence-corrected chi connectivity index (χ4v) is 2.16. The Morgan fingerprint density at radius 3 is 2.35 bits per heavy atom. The molecule has 114 valence electrons. The van der Waals surface area contributed by atoms with Crippen LogP contribution in [-0.2, 0) is 0 Å². The maximum Gasteiger partial charge on any atom is 0.165 e. The average Bonchev–Trinajstić information content (AvgIpc) is 2.43. The Labute approximate surface area is 122 Å². The van der Waals surface area contributed by atoms with Crippen LogP contribution < -0.4 is 10.5 Å². The van der Waals surface area contributed by atoms with Crippen molar-refractivity contribution in [3.63, 3.8) is 0 Å². The highest BCUT2D eigenvalue weighted by Crippen LogP contribution is 2.21. The van der Waals surface area contributed by atoms with E-state index >= 15 is 0 Å². The van der Waals surface area contributed by atoms with Crippen LogP contribution in [0.15, 0.2) is 18.2 Å². The van der Waals surface area contributed by atoms with Gasteiger partial charge in [0.05, 0.1) is 6.61 Å². The second kappa shape index (κ2) is 9.76. The van der Waals surface area contributed by atoms with E-state index in [0.29, 0.717) is 12.4 Å². The van der Waals surface area contributed by atoms with Crippen LogP contribution in [0, 0.1) is 5.82 Å². The topological polar surface area (TPSA) is 35.2 Å². The molecule has 20 heavy (non-hydrogen) atoms. The third-order valence-electron chi connectivity index (χ3n) is 3.49. The van der Waals surface area contributed by atoms with Crippen molar-refractivity contribution in [3.05, 3.63) is 29.6 Å². The van der Waals surface area contributed by atoms with Crippen LogP contribution in [0.25, 0.3) is 0 Å². The summed E-state index contributed by atoms with van der Waals surface area (Å²) < 4.78 is 19.2. The van der Waals surface area contributed by atoms with Crippen molar-refractivity contribution in [3.8, 4) is 5.75 Å². The smallest absolute Gasteiger partial charge is 0.165 e. The van der Waals surface area contributed by atoms with Gasteiger partial charge in [-0.15, -0.1) is 0 Å². The average molecular weight is 281 g/mol. The first-order chi connectivity index (χ1) is 9.65. The number of hydrogen-bond donors (Lipinski definition) is 1. The lowest BCUT2D eigenvalue weighted by atomic mass is 10.1. The van der Waals surface area contributed by atoms with E-state index in [4.69, 9.17) is 10.5 Å². The molecule has 1 aromatic carbocycles. The molecule has 2 nitrogen and oxygen atoms in total. The Morgan fingerprint density at radius 2 is 1.75 bits per heavy atom. The van der Waals surface area contributed by atoms with Gasteiger partial charge in [-0.3, -0.25) is 0 Å². The fraction of sp³-hybridized carbons (Fsp3) is 0.647. The van der Waals surface area contributed by atoms with Crippen LogP contribution in [0.5, 0.6) is 5.75 Å². The molecule has 0 saturated heterocycles. The summed E-state index contributed by atoms with van der Waals surface area (Å²) in [6, 6.07) is 4.81. The lowest BCUT2D eigenvalue weighted by molar-refractivity contribution is 0.289. The largest absolute Gasteiger partial charge is 0.491 e. The summed E-state index contributed by atoms with van der Waals surface area (Å²) in [5.41, 5.74) is 6.51. The highest BCUT2D eigenvalue weighted by atomic mass is 19.1. The van der Waals surface area contributed by atoms with E-state index in [1.165, 1.54) is 38.2 Å². The van der Waals surface area contributed by atoms with E-state index in [-0.39, 0.29) is 11.9 Å². The third-order valence-corrected chi connectivity index (χ3v) is 3.49. The highest BCUT2D eigenvalue weighted by Gasteiger charge is 2.07. The van der Waals surface area contributed by atoms with Crippen LogP contribution in [0.2, 0.25) is 0 Å². The molecule has 3 heteroatoms. The molecule has 0 fully saturated rings. The summed E-state index contributed by atoms with van der Waals surface area (Å²) in [6.07, 6.45) is 8.61. The number of rotatable bonds is 10. The third kappa shape index (κ3) is 6.38. The zero-order valence-electron chi connectivity index (χ0n) is 12.8. The van der Waals surface area contributed by atoms with Gasteiger partial charge < -0.3 is 10.5 Å². The summed E-state index contributed by atoms with van der Waals surface area (Å²) in [7, 11) is 0. The summed E-state index contributed by atoms with van der Waals surface area (Å²) in [6.45, 7) is 4.65. The van der Waals surface area contributed by atoms with Gasteiger partial charge in [-0.1, -0.05) is 51.5 Å². The van der Waals surface area contributed by atoms with Gasteiger partial charge in [0, 0.05) is 6.04 Å². The Hall–Kier alpha value is -1.09. The minimum Gasteiger partial charge on any atom is -0.491 e. The zero-order chi connectivity index (χ0) is 14.8. The number of hydrogen-bond acceptors (Lipinski definition) is 2. The minimum atomic E-state index is -0.317. The molecule has 0 saturated carbocycles. The maximum absolute atomic E-state index is 13.7. The van der Waals surface area contributed by atoms with Gasteiger partial charge in [-0.25, -0.2) is 4.39 Å². The second-order valence-electron chi connectivity index (χ2n) is 5.45. The molecule has 0 aromatic heterocycles. The molecule has 0 amide bonds. The Bertz CT molecular complexity index is 379. The van der Waals surface area contributed by atoms with Gasteiger partial charge in [0.15, 0.2) is 11.6 Å². The number of unbranched alkanes of at least 4 members (excludes halogenated alkanes) is 6. The Morgan fingerprint density at radius 1 is 1.10 bits per heavy atom. The SMILES string of the molecule is CCCCCCCCCOc1ccc(C(C)N)cc1F. The summed E-state index contributed by atoms with van der Waals surface area (Å²) in [5, 5.41) is 0. The van der Waals surface area contributed by atoms with Gasteiger partial charge in [-0.2, -0.15) is 0 Å². The molecule has 0 aliphatic carbocycles. The number of nitrogens with two attached hydrogens (primary N) is 1. The van der Waals surface area contributed by atoms with E-state index in [9.17, 15) is 4.39 Å². The standard InChI is InChI=1S/C17H28FNO/c1-3-4-5-6-7-8-9-12-20-17-11-10-15(14(2)19)13-16(17)18/h10-11,13-14H,3-9,12,19H2,1-2H3. The van der Waals surface area contributed by atoms with E-state index in [1.54, 1.807) is 6.07 Å². The number of halogens is 1. The Kier molecular flexibility index (Phi) is 8.28. The Balaban J connectivity index is 2.19. The summed E-state index contributed by atoms with van der Waals surface area (Å²) >= 11 is 0. The van der Waals surface area contributed by atoms with Crippen LogP contribution in [0.3, 0.4) is 0 Å². The van der Waals surface area contributed by atoms with Crippen molar-refractivity contribution in [2.75, 3.05) is 6.61 Å². The maximum atomic E-state index is 13.7. The first kappa shape index (κ1) is 17.0. The molecule has 0 radical (unpaired) electrons. The second-order valence-corrected chi connectivity index (χ2v) is 5.45. The van der Waals surface area contributed by atoms with Crippen molar-refractivity contribution in [2.45, 2.75) is 64.8 Å². The van der Waals surface area contributed by atoms with Gasteiger partial charge >= 0.3 is 0 Å². The monoisotopic (exact) mass is 281 g/mol. The molecular formula is C17H28FNO. The van der Waals surface area contributed by atoms with Crippen molar-refractivity contribution < 1.29 is 9.13 Å². The normalized spacial score (nSPS) is 12.4. The quantitative estimate of drug-likeness (QED) is 0.614. The summed E-state index contributed by atoms with van der Waals surface area (Å²) in [5.74, 6) is 0.0168. The van der Waals surface area contributed by atoms with Crippen LogP contribution in [-0.4, -0.2) is 6.61 Å². The van der Waals surface area contributed by atoms with Crippen LogP contribution >= 0.6 is 0 Å². The van der Waals surface area contributed by atoms with E-state index in [0.717, 1.165) is 18.4 Å². The molecule has 0 aliphatic rings. The molecular weight excluding hydrogens is 253 g/mol. The van der Waals surface area contributed by atoms with E-state index in [2.05, 4.69) is 6.92 Å². The predicted octanol–water partition coefficient (Wildman–Crippen LogP) is 4.97. The molecule has 0 bridgehead atoms.